The second-order valence-corrected chi connectivity index (χ2v) is 36.0. The average molecular weight is 1570 g/mol. The lowest BCUT2D eigenvalue weighted by Crippen LogP contribution is -2.34. The topological polar surface area (TPSA) is 338 Å². The van der Waals surface area contributed by atoms with Crippen LogP contribution in [0.3, 0.4) is 0 Å². The summed E-state index contributed by atoms with van der Waals surface area (Å²) in [6, 6.07) is 33.1. The number of halogens is 3. The van der Waals surface area contributed by atoms with E-state index in [1.54, 1.807) is 137 Å². The summed E-state index contributed by atoms with van der Waals surface area (Å²) in [5.74, 6) is 0. The first-order valence-electron chi connectivity index (χ1n) is 32.7. The van der Waals surface area contributed by atoms with E-state index in [-0.39, 0.29) is 14.7 Å². The number of fused-ring (bicyclic) bond motifs is 5. The number of aromatic nitrogens is 5. The van der Waals surface area contributed by atoms with Gasteiger partial charge in [0.2, 0.25) is 39.3 Å². The maximum atomic E-state index is 12.9. The fourth-order valence-electron chi connectivity index (χ4n) is 11.8. The Bertz CT molecular complexity index is 4810. The molecule has 14 rings (SSSR count). The van der Waals surface area contributed by atoms with Crippen LogP contribution in [0, 0.1) is 10.4 Å². The van der Waals surface area contributed by atoms with Gasteiger partial charge in [-0.25, -0.2) is 37.9 Å². The molecule has 0 unspecified atom stereocenters. The molecule has 0 amide bonds. The summed E-state index contributed by atoms with van der Waals surface area (Å²) in [5, 5.41) is 35.8. The Labute approximate surface area is 611 Å². The lowest BCUT2D eigenvalue weighted by atomic mass is 10.2. The number of nitrogens with one attached hydrogen (secondary N) is 2. The second-order valence-electron chi connectivity index (χ2n) is 23.8. The van der Waals surface area contributed by atoms with Crippen LogP contribution < -0.4 is 20.1 Å². The van der Waals surface area contributed by atoms with Crippen LogP contribution in [0.15, 0.2) is 208 Å². The molecule has 10 aromatic rings. The van der Waals surface area contributed by atoms with Gasteiger partial charge < -0.3 is 25.9 Å². The van der Waals surface area contributed by atoms with E-state index in [0.717, 1.165) is 87.0 Å². The van der Waals surface area contributed by atoms with Crippen molar-refractivity contribution in [2.75, 3.05) is 85.6 Å². The van der Waals surface area contributed by atoms with Crippen LogP contribution in [0.25, 0.3) is 53.9 Å². The summed E-state index contributed by atoms with van der Waals surface area (Å²) in [6.07, 6.45) is 25.2. The van der Waals surface area contributed by atoms with E-state index in [1.807, 2.05) is 6.07 Å². The highest BCUT2D eigenvalue weighted by molar-refractivity contribution is 8.26. The standard InChI is InChI=1S/C15H18N2O3S.C15H18N2O2S.C14H17N3O3S.C9H6ClNO2S.C9H7NO3S.C6H14N2.Cl2OS/c18-16-11-8-14-13(12-16)6-5-7-15(14)21(19,20)17-9-3-1-2-4-10-17;18-20(19,17-10-3-1-2-4-11-17)15-7-5-6-13-12-16-9-8-14(13)15;18-16-9-5-13-12(11-16)3-1-4-14(13)21(19,20)17-8-2-6-15-7-10-17;10-14(12,13)9-3-1-2-7-6-11-5-4-8(7)9;11-14(12,13)9-3-1-2-7-6-10-5-4-8(7)9;1-8-5-2-3-7-4-6-8;1-4(2)3/h5-8,11-12H,1-4,9-10H2;5-9,12H,1-4,10-11H2;1,3-5,9,11,15H,2,6-8,10H2;1-6H;1-6H,(H,11,12,13);7H,2-6H2,1H3;. The number of benzene rings is 5. The van der Waals surface area contributed by atoms with E-state index >= 15 is 0 Å². The molecule has 9 heterocycles. The Hall–Kier alpha value is -6.76. The van der Waals surface area contributed by atoms with Gasteiger partial charge in [0.1, 0.15) is 4.90 Å². The molecule has 0 radical (unpaired) electrons. The molecule has 548 valence electrons. The molecule has 4 saturated heterocycles. The van der Waals surface area contributed by atoms with Gasteiger partial charge in [-0.15, -0.1) is 0 Å². The highest BCUT2D eigenvalue weighted by atomic mass is 36.0. The zero-order valence-electron chi connectivity index (χ0n) is 55.7. The molecule has 25 nitrogen and oxygen atoms in total. The summed E-state index contributed by atoms with van der Waals surface area (Å²) in [7, 11) is -3.47. The Kier molecular flexibility index (Phi) is 30.4. The molecule has 3 N–H and O–H groups in total. The molecule has 102 heavy (non-hydrogen) atoms. The quantitative estimate of drug-likeness (QED) is 0.0551. The van der Waals surface area contributed by atoms with Gasteiger partial charge in [-0.05, 0) is 126 Å². The predicted octanol–water partition coefficient (Wildman–Crippen LogP) is 9.89. The minimum absolute atomic E-state index is 0.0857. The normalized spacial score (nSPS) is 16.4. The van der Waals surface area contributed by atoms with Crippen molar-refractivity contribution in [1.29, 1.82) is 0 Å². The molecule has 34 heteroatoms. The van der Waals surface area contributed by atoms with Crippen LogP contribution in [0.2, 0.25) is 0 Å². The maximum absolute atomic E-state index is 12.9. The van der Waals surface area contributed by atoms with Crippen molar-refractivity contribution in [2.45, 2.75) is 88.7 Å². The van der Waals surface area contributed by atoms with Crippen LogP contribution in [-0.4, -0.2) is 169 Å². The Morgan fingerprint density at radius 3 is 1.12 bits per heavy atom. The number of pyridine rings is 5. The fraction of sp³-hybridized carbons (Fsp3) is 0.338. The third-order valence-corrected chi connectivity index (χ3v) is 25.0. The van der Waals surface area contributed by atoms with Crippen molar-refractivity contribution in [2.24, 2.45) is 0 Å². The molecule has 4 aliphatic rings. The first-order valence-corrected chi connectivity index (χ1v) is 43.5. The summed E-state index contributed by atoms with van der Waals surface area (Å²) >= 11 is 0. The molecule has 0 bridgehead atoms. The molecule has 4 aliphatic heterocycles. The molecule has 0 aliphatic carbocycles. The van der Waals surface area contributed by atoms with Gasteiger partial charge in [-0.1, -0.05) is 74.2 Å². The van der Waals surface area contributed by atoms with Crippen molar-refractivity contribution >= 4 is 144 Å². The Balaban J connectivity index is 0.000000157. The van der Waals surface area contributed by atoms with Gasteiger partial charge in [-0.3, -0.25) is 19.5 Å². The first kappa shape index (κ1) is 80.9. The predicted molar refractivity (Wildman–Crippen MR) is 399 cm³/mol. The lowest BCUT2D eigenvalue weighted by molar-refractivity contribution is -0.604. The largest absolute Gasteiger partial charge is 0.619 e. The SMILES string of the molecule is CN1CCCNCC1.O=S(=O)(Cl)c1cccc2cnccc12.O=S(=O)(O)c1cccc2cnccc12.O=S(=O)(c1cccc2c[n+]([O-])ccc12)N1CCCCCC1.O=S(=O)(c1cccc2c[n+]([O-])ccc12)N1CCCNCC1.O=S(=O)(c1cccc2cnccc12)N1CCCCCC1.O=S(Cl)Cl. The number of sulfonamides is 3. The third kappa shape index (κ3) is 22.9. The molecule has 0 saturated carbocycles. The molecule has 0 atom stereocenters. The molecular weight excluding hydrogens is 1490 g/mol. The molecule has 0 spiro atoms. The maximum Gasteiger partial charge on any atom is 0.295 e. The molecule has 5 aromatic heterocycles. The number of nitrogens with zero attached hydrogens (tertiary/aromatic N) is 9. The Morgan fingerprint density at radius 2 is 0.725 bits per heavy atom. The number of hydrogen-bond acceptors (Lipinski definition) is 19. The second kappa shape index (κ2) is 38.3. The zero-order chi connectivity index (χ0) is 73.5. The van der Waals surface area contributed by atoms with E-state index in [1.165, 1.54) is 79.7 Å². The highest BCUT2D eigenvalue weighted by Crippen LogP contribution is 2.31. The van der Waals surface area contributed by atoms with E-state index in [2.05, 4.69) is 58.9 Å². The van der Waals surface area contributed by atoms with Gasteiger partial charge in [0.25, 0.3) is 19.2 Å². The third-order valence-electron chi connectivity index (χ3n) is 16.8. The van der Waals surface area contributed by atoms with Crippen LogP contribution >= 0.6 is 32.0 Å². The number of hydrogen-bond donors (Lipinski definition) is 3. The first-order chi connectivity index (χ1) is 48.7. The highest BCUT2D eigenvalue weighted by Gasteiger charge is 2.30. The minimum atomic E-state index is -4.16. The monoisotopic (exact) mass is 1570 g/mol. The Morgan fingerprint density at radius 1 is 0.412 bits per heavy atom. The van der Waals surface area contributed by atoms with Crippen molar-refractivity contribution in [1.82, 2.24) is 43.4 Å². The molecule has 5 aromatic carbocycles. The zero-order valence-corrected chi connectivity index (χ0v) is 62.9. The summed E-state index contributed by atoms with van der Waals surface area (Å²) < 4.78 is 146. The van der Waals surface area contributed by atoms with Crippen LogP contribution in [0.4, 0.5) is 0 Å². The summed E-state index contributed by atoms with van der Waals surface area (Å²) in [4.78, 5) is 15.2. The van der Waals surface area contributed by atoms with Gasteiger partial charge in [-0.2, -0.15) is 30.8 Å². The van der Waals surface area contributed by atoms with Crippen LogP contribution in [0.5, 0.6) is 0 Å². The van der Waals surface area contributed by atoms with Crippen molar-refractivity contribution in [3.05, 3.63) is 194 Å². The smallest absolute Gasteiger partial charge is 0.295 e. The molecule has 4 fully saturated rings. The van der Waals surface area contributed by atoms with Gasteiger partial charge >= 0.3 is 0 Å². The average Bonchev–Trinajstić information content (AvgIpc) is 0.976. The number of rotatable bonds is 8. The lowest BCUT2D eigenvalue weighted by Gasteiger charge is -2.20. The van der Waals surface area contributed by atoms with Crippen molar-refractivity contribution < 1.29 is 60.3 Å². The van der Waals surface area contributed by atoms with E-state index in [9.17, 15) is 52.5 Å². The van der Waals surface area contributed by atoms with E-state index in [4.69, 9.17) is 19.4 Å². The van der Waals surface area contributed by atoms with Gasteiger partial charge in [0.05, 0.1) is 19.6 Å². The van der Waals surface area contributed by atoms with E-state index in [0.29, 0.717) is 103 Å². The fourth-order valence-corrected chi connectivity index (χ4v) is 18.7. The van der Waals surface area contributed by atoms with Gasteiger partial charge in [0, 0.05) is 194 Å². The number of likely N-dealkylation sites (N-methyl/N-ethyl adjacent to an activating group) is 1. The van der Waals surface area contributed by atoms with Crippen LogP contribution in [-0.2, 0) is 58.5 Å². The summed E-state index contributed by atoms with van der Waals surface area (Å²) in [6.45, 7) is 9.71. The van der Waals surface area contributed by atoms with Crippen molar-refractivity contribution in [3.8, 4) is 0 Å². The molecular formula is C68H80Cl3N11O14S6. The summed E-state index contributed by atoms with van der Waals surface area (Å²) in [5.41, 5.74) is 0. The van der Waals surface area contributed by atoms with Crippen LogP contribution in [0.1, 0.15) is 64.2 Å². The van der Waals surface area contributed by atoms with E-state index < -0.39 is 58.5 Å². The van der Waals surface area contributed by atoms with Gasteiger partial charge in [0.15, 0.2) is 24.8 Å². The van der Waals surface area contributed by atoms with Crippen molar-refractivity contribution in [3.63, 3.8) is 0 Å². The minimum Gasteiger partial charge on any atom is -0.619 e.